The molecule has 0 radical (unpaired) electrons. The Bertz CT molecular complexity index is 558. The fourth-order valence-electron chi connectivity index (χ4n) is 2.58. The number of rotatable bonds is 5. The van der Waals surface area contributed by atoms with Gasteiger partial charge in [0.2, 0.25) is 0 Å². The van der Waals surface area contributed by atoms with Crippen LogP contribution in [0.5, 0.6) is 11.5 Å². The van der Waals surface area contributed by atoms with Crippen LogP contribution < -0.4 is 0 Å². The highest BCUT2D eigenvalue weighted by molar-refractivity contribution is 5.37. The van der Waals surface area contributed by atoms with Crippen molar-refractivity contribution in [3.05, 3.63) is 59.2 Å². The first-order valence-electron chi connectivity index (χ1n) is 7.17. The Labute approximate surface area is 120 Å². The summed E-state index contributed by atoms with van der Waals surface area (Å²) in [6.45, 7) is 4.12. The van der Waals surface area contributed by atoms with E-state index in [9.17, 15) is 10.2 Å². The van der Waals surface area contributed by atoms with E-state index in [0.29, 0.717) is 17.4 Å². The zero-order valence-corrected chi connectivity index (χ0v) is 12.1. The molecule has 2 aromatic carbocycles. The van der Waals surface area contributed by atoms with E-state index < -0.39 is 0 Å². The van der Waals surface area contributed by atoms with Gasteiger partial charge in [0.25, 0.3) is 0 Å². The van der Waals surface area contributed by atoms with E-state index in [-0.39, 0.29) is 0 Å². The first-order valence-corrected chi connectivity index (χ1v) is 7.17. The quantitative estimate of drug-likeness (QED) is 0.837. The normalized spacial score (nSPS) is 12.3. The van der Waals surface area contributed by atoms with Gasteiger partial charge in [-0.15, -0.1) is 0 Å². The van der Waals surface area contributed by atoms with Crippen molar-refractivity contribution in [1.29, 1.82) is 0 Å². The zero-order valence-electron chi connectivity index (χ0n) is 12.1. The Morgan fingerprint density at radius 2 is 1.70 bits per heavy atom. The van der Waals surface area contributed by atoms with Crippen molar-refractivity contribution >= 4 is 0 Å². The number of aromatic hydroxyl groups is 2. The second-order valence-corrected chi connectivity index (χ2v) is 5.40. The van der Waals surface area contributed by atoms with E-state index in [1.807, 2.05) is 25.1 Å². The minimum Gasteiger partial charge on any atom is -0.508 e. The van der Waals surface area contributed by atoms with Gasteiger partial charge in [0, 0.05) is 0 Å². The highest BCUT2D eigenvalue weighted by Gasteiger charge is 2.13. The summed E-state index contributed by atoms with van der Waals surface area (Å²) >= 11 is 0. The van der Waals surface area contributed by atoms with Crippen molar-refractivity contribution in [3.8, 4) is 11.5 Å². The fraction of sp³-hybridized carbons (Fsp3) is 0.333. The lowest BCUT2D eigenvalue weighted by Gasteiger charge is -2.18. The summed E-state index contributed by atoms with van der Waals surface area (Å²) in [6, 6.07) is 13.3. The summed E-state index contributed by atoms with van der Waals surface area (Å²) in [5.74, 6) is 1.11. The second kappa shape index (κ2) is 6.47. The highest BCUT2D eigenvalue weighted by atomic mass is 16.3. The van der Waals surface area contributed by atoms with E-state index in [2.05, 4.69) is 13.0 Å². The van der Waals surface area contributed by atoms with E-state index >= 15 is 0 Å². The Balaban J connectivity index is 2.21. The Morgan fingerprint density at radius 3 is 2.30 bits per heavy atom. The van der Waals surface area contributed by atoms with Crippen LogP contribution in [-0.2, 0) is 6.42 Å². The van der Waals surface area contributed by atoms with Gasteiger partial charge < -0.3 is 10.2 Å². The van der Waals surface area contributed by atoms with Gasteiger partial charge in [-0.2, -0.15) is 0 Å². The molecule has 2 N–H and O–H groups in total. The van der Waals surface area contributed by atoms with Crippen LogP contribution in [0.1, 0.15) is 42.4 Å². The molecule has 0 spiro atoms. The molecule has 0 saturated carbocycles. The minimum absolute atomic E-state index is 0.307. The molecule has 0 fully saturated rings. The summed E-state index contributed by atoms with van der Waals surface area (Å²) in [5.41, 5.74) is 3.43. The highest BCUT2D eigenvalue weighted by Crippen LogP contribution is 2.29. The van der Waals surface area contributed by atoms with Gasteiger partial charge in [-0.1, -0.05) is 37.6 Å². The van der Waals surface area contributed by atoms with Crippen LogP contribution in [0, 0.1) is 6.92 Å². The van der Waals surface area contributed by atoms with Crippen molar-refractivity contribution < 1.29 is 10.2 Å². The van der Waals surface area contributed by atoms with Crippen molar-refractivity contribution in [2.75, 3.05) is 0 Å². The maximum Gasteiger partial charge on any atom is 0.118 e. The van der Waals surface area contributed by atoms with Crippen LogP contribution in [0.2, 0.25) is 0 Å². The molecule has 0 aliphatic heterocycles. The lowest BCUT2D eigenvalue weighted by Crippen LogP contribution is -2.03. The average Bonchev–Trinajstić information content (AvgIpc) is 2.44. The van der Waals surface area contributed by atoms with Gasteiger partial charge in [0.1, 0.15) is 11.5 Å². The van der Waals surface area contributed by atoms with Crippen LogP contribution in [0.4, 0.5) is 0 Å². The maximum atomic E-state index is 9.65. The van der Waals surface area contributed by atoms with E-state index in [1.165, 1.54) is 11.1 Å². The number of benzene rings is 2. The topological polar surface area (TPSA) is 40.5 Å². The van der Waals surface area contributed by atoms with Crippen molar-refractivity contribution in [2.45, 2.75) is 39.0 Å². The number of phenols is 2. The number of hydrogen-bond donors (Lipinski definition) is 2. The summed E-state index contributed by atoms with van der Waals surface area (Å²) in [7, 11) is 0. The third-order valence-electron chi connectivity index (χ3n) is 3.75. The molecule has 0 aliphatic carbocycles. The standard InChI is InChI=1S/C18H22O2/c1-3-4-15(12-14-5-8-17(19)9-6-14)16-7-10-18(20)13(2)11-16/h5-11,15,19-20H,3-4,12H2,1-2H3. The molecule has 2 aromatic rings. The predicted octanol–water partition coefficient (Wildman–Crippen LogP) is 4.53. The molecule has 0 saturated heterocycles. The SMILES string of the molecule is CCCC(Cc1ccc(O)cc1)c1ccc(O)c(C)c1. The van der Waals surface area contributed by atoms with Gasteiger partial charge in [0.15, 0.2) is 0 Å². The van der Waals surface area contributed by atoms with Crippen LogP contribution in [0.25, 0.3) is 0 Å². The lowest BCUT2D eigenvalue weighted by atomic mass is 9.87. The molecular formula is C18H22O2. The third kappa shape index (κ3) is 3.53. The Kier molecular flexibility index (Phi) is 4.67. The maximum absolute atomic E-state index is 9.65. The van der Waals surface area contributed by atoms with Crippen LogP contribution in [0.15, 0.2) is 42.5 Å². The molecule has 0 aromatic heterocycles. The van der Waals surface area contributed by atoms with Gasteiger partial charge in [-0.05, 0) is 60.6 Å². The van der Waals surface area contributed by atoms with Crippen molar-refractivity contribution in [3.63, 3.8) is 0 Å². The molecule has 2 nitrogen and oxygen atoms in total. The molecule has 1 unspecified atom stereocenters. The molecular weight excluding hydrogens is 248 g/mol. The second-order valence-electron chi connectivity index (χ2n) is 5.40. The minimum atomic E-state index is 0.307. The summed E-state index contributed by atoms with van der Waals surface area (Å²) in [5, 5.41) is 19.0. The third-order valence-corrected chi connectivity index (χ3v) is 3.75. The Morgan fingerprint density at radius 1 is 1.00 bits per heavy atom. The predicted molar refractivity (Wildman–Crippen MR) is 82.3 cm³/mol. The summed E-state index contributed by atoms with van der Waals surface area (Å²) in [4.78, 5) is 0. The number of phenolic OH excluding ortho intramolecular Hbond substituents is 2. The van der Waals surface area contributed by atoms with Gasteiger partial charge >= 0.3 is 0 Å². The average molecular weight is 270 g/mol. The summed E-state index contributed by atoms with van der Waals surface area (Å²) in [6.07, 6.45) is 3.20. The first-order chi connectivity index (χ1) is 9.60. The lowest BCUT2D eigenvalue weighted by molar-refractivity contribution is 0.470. The van der Waals surface area contributed by atoms with E-state index in [4.69, 9.17) is 0 Å². The number of aryl methyl sites for hydroxylation is 1. The molecule has 2 heteroatoms. The van der Waals surface area contributed by atoms with E-state index in [0.717, 1.165) is 24.8 Å². The van der Waals surface area contributed by atoms with Crippen LogP contribution in [-0.4, -0.2) is 10.2 Å². The van der Waals surface area contributed by atoms with Crippen molar-refractivity contribution in [2.24, 2.45) is 0 Å². The monoisotopic (exact) mass is 270 g/mol. The van der Waals surface area contributed by atoms with Crippen LogP contribution >= 0.6 is 0 Å². The van der Waals surface area contributed by atoms with Gasteiger partial charge in [0.05, 0.1) is 0 Å². The molecule has 2 rings (SSSR count). The summed E-state index contributed by atoms with van der Waals surface area (Å²) < 4.78 is 0. The molecule has 0 heterocycles. The fourth-order valence-corrected chi connectivity index (χ4v) is 2.58. The molecule has 0 aliphatic rings. The van der Waals surface area contributed by atoms with E-state index in [1.54, 1.807) is 18.2 Å². The smallest absolute Gasteiger partial charge is 0.118 e. The van der Waals surface area contributed by atoms with Gasteiger partial charge in [-0.25, -0.2) is 0 Å². The van der Waals surface area contributed by atoms with Crippen molar-refractivity contribution in [1.82, 2.24) is 0 Å². The van der Waals surface area contributed by atoms with Crippen LogP contribution in [0.3, 0.4) is 0 Å². The molecule has 1 atom stereocenters. The molecule has 20 heavy (non-hydrogen) atoms. The molecule has 0 amide bonds. The Hall–Kier alpha value is -1.96. The first kappa shape index (κ1) is 14.4. The number of hydrogen-bond acceptors (Lipinski definition) is 2. The zero-order chi connectivity index (χ0) is 14.5. The van der Waals surface area contributed by atoms with Gasteiger partial charge in [-0.3, -0.25) is 0 Å². The molecule has 106 valence electrons. The largest absolute Gasteiger partial charge is 0.508 e. The molecule has 0 bridgehead atoms.